The maximum Gasteiger partial charge on any atom is 0.0853 e. The Hall–Kier alpha value is -3.93. The number of nitrogens with two attached hydrogens (primary N) is 2. The second-order valence-corrected chi connectivity index (χ2v) is 6.46. The molecule has 4 rings (SSSR count). The number of benzene rings is 3. The number of nitrogens with zero attached hydrogens (tertiary/aromatic N) is 3. The Morgan fingerprint density at radius 3 is 2.29 bits per heavy atom. The Kier molecular flexibility index (Phi) is 4.84. The first-order chi connectivity index (χ1) is 13.7. The summed E-state index contributed by atoms with van der Waals surface area (Å²) < 4.78 is 0. The van der Waals surface area contributed by atoms with Gasteiger partial charge in [0.1, 0.15) is 0 Å². The van der Waals surface area contributed by atoms with E-state index < -0.39 is 0 Å². The molecule has 6 nitrogen and oxygen atoms in total. The average Bonchev–Trinajstić information content (AvgIpc) is 3.25. The molecule has 3 aromatic carbocycles. The van der Waals surface area contributed by atoms with Gasteiger partial charge in [-0.25, -0.2) is 0 Å². The van der Waals surface area contributed by atoms with Crippen LogP contribution in [0.5, 0.6) is 0 Å². The highest BCUT2D eigenvalue weighted by Crippen LogP contribution is 2.31. The average molecular weight is 368 g/mol. The fraction of sp³-hybridized carbons (Fsp3) is 0.0455. The number of aromatic nitrogens is 2. The molecule has 1 heterocycles. The third-order valence-electron chi connectivity index (χ3n) is 4.46. The van der Waals surface area contributed by atoms with E-state index in [1.807, 2.05) is 66.7 Å². The third kappa shape index (κ3) is 3.91. The summed E-state index contributed by atoms with van der Waals surface area (Å²) in [6, 6.07) is 23.4. The number of H-pyrrole nitrogens is 1. The number of azo groups is 1. The molecule has 5 N–H and O–H groups in total. The molecule has 138 valence electrons. The summed E-state index contributed by atoms with van der Waals surface area (Å²) in [7, 11) is 0. The highest BCUT2D eigenvalue weighted by molar-refractivity contribution is 5.81. The standard InChI is InChI=1S/C22H20N6/c23-18-6-1-15(2-7-18)14-26-27-19-8-3-16(4-9-19)20-13-17(5-10-21(20)24)22-11-12-25-28-22/h1-13H,14,23-24H2,(H,25,28). The minimum absolute atomic E-state index is 0.515. The van der Waals surface area contributed by atoms with Crippen molar-refractivity contribution in [2.45, 2.75) is 6.54 Å². The van der Waals surface area contributed by atoms with Crippen molar-refractivity contribution in [3.05, 3.63) is 84.6 Å². The number of anilines is 2. The van der Waals surface area contributed by atoms with E-state index in [1.54, 1.807) is 6.20 Å². The molecule has 0 aliphatic heterocycles. The molecule has 0 saturated carbocycles. The lowest BCUT2D eigenvalue weighted by Crippen LogP contribution is -1.91. The zero-order valence-corrected chi connectivity index (χ0v) is 15.2. The number of hydrogen-bond donors (Lipinski definition) is 3. The van der Waals surface area contributed by atoms with Gasteiger partial charge in [0.25, 0.3) is 0 Å². The van der Waals surface area contributed by atoms with Crippen molar-refractivity contribution in [1.29, 1.82) is 0 Å². The van der Waals surface area contributed by atoms with Gasteiger partial charge in [-0.1, -0.05) is 30.3 Å². The van der Waals surface area contributed by atoms with Crippen LogP contribution in [0.15, 0.2) is 89.2 Å². The van der Waals surface area contributed by atoms with E-state index in [1.165, 1.54) is 0 Å². The topological polar surface area (TPSA) is 105 Å². The fourth-order valence-corrected chi connectivity index (χ4v) is 2.92. The number of aromatic amines is 1. The van der Waals surface area contributed by atoms with Crippen molar-refractivity contribution in [2.24, 2.45) is 10.2 Å². The monoisotopic (exact) mass is 368 g/mol. The third-order valence-corrected chi connectivity index (χ3v) is 4.46. The summed E-state index contributed by atoms with van der Waals surface area (Å²) in [5.41, 5.74) is 19.2. The van der Waals surface area contributed by atoms with Gasteiger partial charge >= 0.3 is 0 Å². The summed E-state index contributed by atoms with van der Waals surface area (Å²) in [6.45, 7) is 0.515. The number of rotatable bonds is 5. The molecule has 0 spiro atoms. The van der Waals surface area contributed by atoms with E-state index in [4.69, 9.17) is 11.5 Å². The van der Waals surface area contributed by atoms with Crippen LogP contribution in [0.25, 0.3) is 22.4 Å². The molecule has 0 aliphatic carbocycles. The first-order valence-corrected chi connectivity index (χ1v) is 8.91. The summed E-state index contributed by atoms with van der Waals surface area (Å²) >= 11 is 0. The Bertz CT molecular complexity index is 1080. The molecule has 0 bridgehead atoms. The van der Waals surface area contributed by atoms with Crippen molar-refractivity contribution < 1.29 is 0 Å². The summed E-state index contributed by atoms with van der Waals surface area (Å²) in [5.74, 6) is 0. The lowest BCUT2D eigenvalue weighted by molar-refractivity contribution is 0.960. The van der Waals surface area contributed by atoms with Crippen LogP contribution in [0.1, 0.15) is 5.56 Å². The van der Waals surface area contributed by atoms with Crippen LogP contribution in [0.4, 0.5) is 17.1 Å². The lowest BCUT2D eigenvalue weighted by Gasteiger charge is -2.08. The summed E-state index contributed by atoms with van der Waals surface area (Å²) in [4.78, 5) is 0. The molecule has 0 aliphatic rings. The van der Waals surface area contributed by atoms with Crippen LogP contribution >= 0.6 is 0 Å². The first kappa shape index (κ1) is 17.5. The predicted molar refractivity (Wildman–Crippen MR) is 113 cm³/mol. The Morgan fingerprint density at radius 2 is 1.57 bits per heavy atom. The summed E-state index contributed by atoms with van der Waals surface area (Å²) in [5, 5.41) is 15.5. The van der Waals surface area contributed by atoms with Crippen molar-refractivity contribution in [3.63, 3.8) is 0 Å². The molecule has 4 aromatic rings. The molecule has 28 heavy (non-hydrogen) atoms. The second-order valence-electron chi connectivity index (χ2n) is 6.46. The molecule has 0 radical (unpaired) electrons. The first-order valence-electron chi connectivity index (χ1n) is 8.91. The zero-order valence-electron chi connectivity index (χ0n) is 15.2. The smallest absolute Gasteiger partial charge is 0.0853 e. The van der Waals surface area contributed by atoms with E-state index in [0.717, 1.165) is 45.0 Å². The molecular formula is C22H20N6. The minimum Gasteiger partial charge on any atom is -0.399 e. The summed E-state index contributed by atoms with van der Waals surface area (Å²) in [6.07, 6.45) is 1.73. The van der Waals surface area contributed by atoms with Gasteiger partial charge in [-0.2, -0.15) is 15.3 Å². The van der Waals surface area contributed by atoms with Crippen LogP contribution in [-0.2, 0) is 6.54 Å². The normalized spacial score (nSPS) is 11.1. The largest absolute Gasteiger partial charge is 0.399 e. The van der Waals surface area contributed by atoms with Crippen LogP contribution in [-0.4, -0.2) is 10.2 Å². The fourth-order valence-electron chi connectivity index (χ4n) is 2.92. The van der Waals surface area contributed by atoms with E-state index in [9.17, 15) is 0 Å². The maximum atomic E-state index is 6.19. The number of nitrogen functional groups attached to an aromatic ring is 2. The van der Waals surface area contributed by atoms with Crippen LogP contribution in [0.2, 0.25) is 0 Å². The van der Waals surface area contributed by atoms with Gasteiger partial charge in [-0.05, 0) is 53.6 Å². The quantitative estimate of drug-likeness (QED) is 0.333. The van der Waals surface area contributed by atoms with Gasteiger partial charge in [-0.3, -0.25) is 5.10 Å². The Morgan fingerprint density at radius 1 is 0.821 bits per heavy atom. The minimum atomic E-state index is 0.515. The molecular weight excluding hydrogens is 348 g/mol. The van der Waals surface area contributed by atoms with Gasteiger partial charge in [0.2, 0.25) is 0 Å². The van der Waals surface area contributed by atoms with Gasteiger partial charge in [-0.15, -0.1) is 0 Å². The maximum absolute atomic E-state index is 6.19. The Balaban J connectivity index is 1.51. The van der Waals surface area contributed by atoms with E-state index in [2.05, 4.69) is 26.5 Å². The van der Waals surface area contributed by atoms with Crippen molar-refractivity contribution in [2.75, 3.05) is 11.5 Å². The highest BCUT2D eigenvalue weighted by atomic mass is 15.1. The highest BCUT2D eigenvalue weighted by Gasteiger charge is 2.07. The second kappa shape index (κ2) is 7.75. The van der Waals surface area contributed by atoms with E-state index >= 15 is 0 Å². The van der Waals surface area contributed by atoms with Crippen LogP contribution < -0.4 is 11.5 Å². The molecule has 1 aromatic heterocycles. The molecule has 0 atom stereocenters. The number of nitrogens with one attached hydrogen (secondary N) is 1. The molecule has 0 saturated heterocycles. The van der Waals surface area contributed by atoms with E-state index in [-0.39, 0.29) is 0 Å². The van der Waals surface area contributed by atoms with Gasteiger partial charge in [0.05, 0.1) is 17.9 Å². The molecule has 6 heteroatoms. The van der Waals surface area contributed by atoms with E-state index in [0.29, 0.717) is 6.54 Å². The molecule has 0 unspecified atom stereocenters. The van der Waals surface area contributed by atoms with Crippen molar-refractivity contribution >= 4 is 17.1 Å². The Labute approximate surface area is 162 Å². The molecule has 0 fully saturated rings. The van der Waals surface area contributed by atoms with Crippen molar-refractivity contribution in [3.8, 4) is 22.4 Å². The molecule has 0 amide bonds. The lowest BCUT2D eigenvalue weighted by atomic mass is 10.00. The van der Waals surface area contributed by atoms with Crippen LogP contribution in [0, 0.1) is 0 Å². The van der Waals surface area contributed by atoms with Gasteiger partial charge in [0.15, 0.2) is 0 Å². The predicted octanol–water partition coefficient (Wildman–Crippen LogP) is 5.19. The number of hydrogen-bond acceptors (Lipinski definition) is 5. The van der Waals surface area contributed by atoms with Crippen LogP contribution in [0.3, 0.4) is 0 Å². The van der Waals surface area contributed by atoms with Gasteiger partial charge < -0.3 is 11.5 Å². The van der Waals surface area contributed by atoms with Gasteiger partial charge in [0, 0.05) is 28.7 Å². The van der Waals surface area contributed by atoms with Crippen molar-refractivity contribution in [1.82, 2.24) is 10.2 Å². The SMILES string of the molecule is Nc1ccc(CN=Nc2ccc(-c3cc(-c4ccn[nH]4)ccc3N)cc2)cc1. The zero-order chi connectivity index (χ0) is 19.3.